The summed E-state index contributed by atoms with van der Waals surface area (Å²) in [5.74, 6) is 0.397. The van der Waals surface area contributed by atoms with E-state index in [0.717, 1.165) is 38.8 Å². The summed E-state index contributed by atoms with van der Waals surface area (Å²) in [4.78, 5) is 12.0. The summed E-state index contributed by atoms with van der Waals surface area (Å²) in [5.41, 5.74) is 2.86. The Morgan fingerprint density at radius 1 is 0.657 bits per heavy atom. The summed E-state index contributed by atoms with van der Waals surface area (Å²) >= 11 is 5.73. The summed E-state index contributed by atoms with van der Waals surface area (Å²) in [6, 6.07) is 38.3. The number of hydrogen-bond acceptors (Lipinski definition) is 4. The van der Waals surface area contributed by atoms with Crippen molar-refractivity contribution in [2.75, 3.05) is 12.0 Å². The molecule has 0 aromatic heterocycles. The molecule has 0 aliphatic heterocycles. The van der Waals surface area contributed by atoms with Crippen molar-refractivity contribution >= 4 is 64.7 Å². The number of hydrogen-bond donors (Lipinski definition) is 0. The smallest absolute Gasteiger partial charge is 0.822 e. The van der Waals surface area contributed by atoms with Crippen LogP contribution in [0.25, 0.3) is 0 Å². The van der Waals surface area contributed by atoms with Gasteiger partial charge in [-0.3, -0.25) is 0 Å². The fourth-order valence-electron chi connectivity index (χ4n) is 7.17. The van der Waals surface area contributed by atoms with Crippen LogP contribution >= 0.6 is 26.9 Å². The van der Waals surface area contributed by atoms with Gasteiger partial charge in [0, 0.05) is 35.5 Å². The molecular weight excluding hydrogens is 939 g/mol. The molecule has 0 bridgehead atoms. The van der Waals surface area contributed by atoms with Crippen LogP contribution in [0.2, 0.25) is 36.3 Å². The van der Waals surface area contributed by atoms with E-state index in [9.17, 15) is 18.2 Å². The van der Waals surface area contributed by atoms with Crippen LogP contribution in [0.3, 0.4) is 0 Å². The number of allylic oxidation sites excluding steroid dienone is 4. The molecule has 2 aliphatic carbocycles. The van der Waals surface area contributed by atoms with Crippen LogP contribution in [0.5, 0.6) is 0 Å². The van der Waals surface area contributed by atoms with Gasteiger partial charge >= 0.3 is 29.6 Å². The molecule has 0 saturated heterocycles. The Morgan fingerprint density at radius 3 is 1.28 bits per heavy atom. The molecule has 12 heteroatoms. The molecule has 2 unspecified atom stereocenters. The van der Waals surface area contributed by atoms with Crippen molar-refractivity contribution in [3.8, 4) is 0 Å². The van der Waals surface area contributed by atoms with Crippen LogP contribution in [0.15, 0.2) is 169 Å². The minimum absolute atomic E-state index is 0. The van der Waals surface area contributed by atoms with Gasteiger partial charge in [0.25, 0.3) is 0 Å². The number of rotatable bonds is 11. The van der Waals surface area contributed by atoms with E-state index in [1.165, 1.54) is 0 Å². The van der Waals surface area contributed by atoms with Crippen LogP contribution in [-0.2, 0) is 13.4 Å². The molecule has 2 aliphatic rings. The Hall–Kier alpha value is -2.04. The van der Waals surface area contributed by atoms with E-state index in [-0.39, 0.29) is 59.3 Å². The predicted octanol–water partition coefficient (Wildman–Crippen LogP) is 11.3. The SMILES string of the molecule is C.C=C1/C(=C\CCl)CC(O[Si](C)(C)C(C)(C)C)C[C@@H]1F.C=C1/C(=C\CP(=O)(c2ccccc2)c2ccccc2)CC(O[Si](C)(C)C(C)(C)C)C[C@@H]1F.[Na+].[O-]P(c1ccccc1)c1ccccc1. The first-order valence-corrected chi connectivity index (χ1v) is 32.1. The van der Waals surface area contributed by atoms with Crippen molar-refractivity contribution in [1.82, 2.24) is 0 Å². The zero-order chi connectivity index (χ0) is 48.2. The van der Waals surface area contributed by atoms with Gasteiger partial charge in [-0.15, -0.1) is 19.7 Å². The molecule has 360 valence electrons. The zero-order valence-electron chi connectivity index (χ0n) is 41.3. The second-order valence-electron chi connectivity index (χ2n) is 20.0. The van der Waals surface area contributed by atoms with Crippen molar-refractivity contribution in [1.29, 1.82) is 0 Å². The van der Waals surface area contributed by atoms with Crippen LogP contribution in [-0.4, -0.2) is 53.2 Å². The number of halogens is 3. The number of benzene rings is 4. The van der Waals surface area contributed by atoms with Gasteiger partial charge in [-0.2, -0.15) is 0 Å². The van der Waals surface area contributed by atoms with Gasteiger partial charge in [0.2, 0.25) is 0 Å². The van der Waals surface area contributed by atoms with Gasteiger partial charge in [-0.25, -0.2) is 8.78 Å². The van der Waals surface area contributed by atoms with Crippen molar-refractivity contribution < 1.29 is 56.6 Å². The molecular formula is C55H76ClF2NaO4P2Si2. The van der Waals surface area contributed by atoms with Crippen molar-refractivity contribution in [2.45, 2.75) is 135 Å². The van der Waals surface area contributed by atoms with Crippen molar-refractivity contribution in [2.24, 2.45) is 0 Å². The second-order valence-corrected chi connectivity index (χ2v) is 34.4. The maximum Gasteiger partial charge on any atom is 1.00 e. The topological polar surface area (TPSA) is 58.6 Å². The maximum atomic E-state index is 14.9. The summed E-state index contributed by atoms with van der Waals surface area (Å²) in [6.45, 7) is 29.8. The van der Waals surface area contributed by atoms with Crippen molar-refractivity contribution in [3.05, 3.63) is 169 Å². The van der Waals surface area contributed by atoms with Gasteiger partial charge < -0.3 is 18.3 Å². The molecule has 0 N–H and O–H groups in total. The molecule has 2 fully saturated rings. The van der Waals surface area contributed by atoms with Gasteiger partial charge in [-0.1, -0.05) is 196 Å². The normalized spacial score (nSPS) is 20.5. The van der Waals surface area contributed by atoms with E-state index >= 15 is 0 Å². The predicted molar refractivity (Wildman–Crippen MR) is 288 cm³/mol. The molecule has 6 rings (SSSR count). The first kappa shape index (κ1) is 61.1. The molecule has 67 heavy (non-hydrogen) atoms. The third-order valence-electron chi connectivity index (χ3n) is 13.2. The van der Waals surface area contributed by atoms with Gasteiger partial charge in [0.15, 0.2) is 16.6 Å². The minimum Gasteiger partial charge on any atom is -0.822 e. The van der Waals surface area contributed by atoms with Crippen LogP contribution in [0.1, 0.15) is 74.7 Å². The van der Waals surface area contributed by atoms with Crippen LogP contribution < -0.4 is 55.7 Å². The zero-order valence-corrected chi connectivity index (χ0v) is 47.9. The quantitative estimate of drug-likeness (QED) is 0.0853. The molecule has 4 aromatic rings. The second kappa shape index (κ2) is 27.0. The Kier molecular flexibility index (Phi) is 24.6. The first-order valence-electron chi connectivity index (χ1n) is 22.6. The van der Waals surface area contributed by atoms with E-state index in [4.69, 9.17) is 20.5 Å². The van der Waals surface area contributed by atoms with Crippen LogP contribution in [0.4, 0.5) is 8.78 Å². The third kappa shape index (κ3) is 17.4. The fraction of sp³-hybridized carbons (Fsp3) is 0.418. The van der Waals surface area contributed by atoms with Crippen molar-refractivity contribution in [3.63, 3.8) is 0 Å². The molecule has 4 nitrogen and oxygen atoms in total. The van der Waals surface area contributed by atoms with Gasteiger partial charge in [0.1, 0.15) is 19.5 Å². The average Bonchev–Trinajstić information content (AvgIpc) is 3.26. The van der Waals surface area contributed by atoms with E-state index in [1.54, 1.807) is 0 Å². The Balaban J connectivity index is 0.000000374. The maximum absolute atomic E-state index is 14.9. The Labute approximate surface area is 434 Å². The monoisotopic (exact) mass is 1010 g/mol. The Bertz CT molecular complexity index is 2170. The molecule has 0 spiro atoms. The van der Waals surface area contributed by atoms with E-state index in [1.807, 2.05) is 133 Å². The fourth-order valence-corrected chi connectivity index (χ4v) is 13.8. The largest absolute Gasteiger partial charge is 1.00 e. The molecule has 4 atom stereocenters. The summed E-state index contributed by atoms with van der Waals surface area (Å²) in [6.07, 6.45) is 3.93. The van der Waals surface area contributed by atoms with E-state index in [2.05, 4.69) is 80.9 Å². The van der Waals surface area contributed by atoms with E-state index in [0.29, 0.717) is 42.5 Å². The molecule has 0 amide bonds. The molecule has 0 heterocycles. The van der Waals surface area contributed by atoms with Crippen LogP contribution in [0, 0.1) is 0 Å². The van der Waals surface area contributed by atoms with E-state index < -0.39 is 44.3 Å². The summed E-state index contributed by atoms with van der Waals surface area (Å²) < 4.78 is 56.1. The minimum atomic E-state index is -2.90. The average molecular weight is 1020 g/mol. The van der Waals surface area contributed by atoms with Gasteiger partial charge in [0.05, 0.1) is 12.2 Å². The third-order valence-corrected chi connectivity index (χ3v) is 26.9. The summed E-state index contributed by atoms with van der Waals surface area (Å²) in [7, 11) is -8.19. The Morgan fingerprint density at radius 2 is 0.970 bits per heavy atom. The molecule has 4 aromatic carbocycles. The summed E-state index contributed by atoms with van der Waals surface area (Å²) in [5, 5.41) is 3.60. The first-order chi connectivity index (χ1) is 30.4. The van der Waals surface area contributed by atoms with Gasteiger partial charge in [-0.05, 0) is 82.0 Å². The molecule has 2 saturated carbocycles. The standard InChI is InChI=1S/C27H36FO2PSi.C15H26ClFOSi.C12H10OP.CH4.Na/c1-21-22(19-23(20-26(21)28)30-32(5,6)27(2,3)4)17-18-31(29,24-13-9-7-10-14-24)25-15-11-8-12-16-25;1-11-12(7-8-16)9-13(10-14(11)17)18-19(5,6)15(2,3)4;13-14(11-7-3-1-4-8-11)12-9-5-2-6-10-12;;/h7-17,23,26H,1,18-20H2,2-6H3;7,13-14H,1,8-10H2,2-6H3;1-10H;1H4;/q;;-1;;+1/b22-17-;12-7-;;;/t23?,26-;13?,14-;;;/m00.../s1. The number of alkyl halides is 3. The molecule has 0 radical (unpaired) electrons.